The van der Waals surface area contributed by atoms with Crippen LogP contribution in [0.5, 0.6) is 0 Å². The summed E-state index contributed by atoms with van der Waals surface area (Å²) in [5.41, 5.74) is -0.389. The molecule has 2 bridgehead atoms. The minimum absolute atomic E-state index is 0.0597. The standard InChI is InChI=1S/C25H46O6/c1-4-7-15-27-21-20-19(18-26)31-25(13-11-10-12-14-25)24(30-20)23(29-17-9-6-3)22(21)28-16-8-5-2/h19-24,26H,4-18H2,1-3H3. The van der Waals surface area contributed by atoms with E-state index in [9.17, 15) is 5.11 Å². The normalized spacial score (nSPS) is 34.8. The molecule has 3 aliphatic rings. The topological polar surface area (TPSA) is 66.4 Å². The number of rotatable bonds is 13. The van der Waals surface area contributed by atoms with Crippen molar-refractivity contribution >= 4 is 0 Å². The Morgan fingerprint density at radius 3 is 1.87 bits per heavy atom. The zero-order valence-electron chi connectivity index (χ0n) is 20.1. The van der Waals surface area contributed by atoms with Gasteiger partial charge >= 0.3 is 0 Å². The molecule has 31 heavy (non-hydrogen) atoms. The second-order valence-electron chi connectivity index (χ2n) is 9.55. The Labute approximate surface area is 189 Å². The molecule has 2 saturated heterocycles. The van der Waals surface area contributed by atoms with E-state index in [0.717, 1.165) is 64.2 Å². The fraction of sp³-hybridized carbons (Fsp3) is 1.00. The second kappa shape index (κ2) is 12.9. The van der Waals surface area contributed by atoms with E-state index in [1.165, 1.54) is 6.42 Å². The van der Waals surface area contributed by atoms with E-state index in [2.05, 4.69) is 20.8 Å². The highest BCUT2D eigenvalue weighted by Gasteiger charge is 2.62. The van der Waals surface area contributed by atoms with Gasteiger partial charge in [0.05, 0.1) is 12.2 Å². The Morgan fingerprint density at radius 2 is 1.32 bits per heavy atom. The van der Waals surface area contributed by atoms with Crippen LogP contribution in [0.1, 0.15) is 91.4 Å². The highest BCUT2D eigenvalue weighted by atomic mass is 16.7. The van der Waals surface area contributed by atoms with Gasteiger partial charge in [-0.15, -0.1) is 0 Å². The Morgan fingerprint density at radius 1 is 0.774 bits per heavy atom. The molecule has 0 aromatic rings. The molecule has 3 rings (SSSR count). The molecular formula is C25H46O6. The van der Waals surface area contributed by atoms with Crippen LogP contribution in [-0.4, -0.2) is 73.8 Å². The molecule has 0 amide bonds. The maximum atomic E-state index is 10.2. The molecule has 182 valence electrons. The van der Waals surface area contributed by atoms with Crippen LogP contribution in [0.2, 0.25) is 0 Å². The van der Waals surface area contributed by atoms with Crippen LogP contribution in [0.4, 0.5) is 0 Å². The minimum atomic E-state index is -0.389. The predicted molar refractivity (Wildman–Crippen MR) is 120 cm³/mol. The summed E-state index contributed by atoms with van der Waals surface area (Å²) in [6.07, 6.45) is 10.1. The van der Waals surface area contributed by atoms with E-state index in [1.807, 2.05) is 0 Å². The van der Waals surface area contributed by atoms with Gasteiger partial charge in [0, 0.05) is 19.8 Å². The number of hydrogen-bond donors (Lipinski definition) is 1. The van der Waals surface area contributed by atoms with E-state index in [-0.39, 0.29) is 48.8 Å². The van der Waals surface area contributed by atoms with Gasteiger partial charge in [-0.3, -0.25) is 0 Å². The molecule has 0 aromatic carbocycles. The van der Waals surface area contributed by atoms with Gasteiger partial charge in [-0.05, 0) is 32.1 Å². The van der Waals surface area contributed by atoms with E-state index in [0.29, 0.717) is 19.8 Å². The summed E-state index contributed by atoms with van der Waals surface area (Å²) >= 11 is 0. The molecule has 3 fully saturated rings. The van der Waals surface area contributed by atoms with Gasteiger partial charge in [0.2, 0.25) is 0 Å². The van der Waals surface area contributed by atoms with Gasteiger partial charge in [0.15, 0.2) is 0 Å². The molecule has 0 radical (unpaired) electrons. The summed E-state index contributed by atoms with van der Waals surface area (Å²) in [5.74, 6) is 0. The Hall–Kier alpha value is -0.240. The molecule has 6 atom stereocenters. The molecule has 6 heteroatoms. The monoisotopic (exact) mass is 442 g/mol. The molecule has 1 saturated carbocycles. The van der Waals surface area contributed by atoms with E-state index in [4.69, 9.17) is 23.7 Å². The number of unbranched alkanes of at least 4 members (excludes halogenated alkanes) is 3. The lowest BCUT2D eigenvalue weighted by atomic mass is 9.73. The average molecular weight is 443 g/mol. The summed E-state index contributed by atoms with van der Waals surface area (Å²) < 4.78 is 32.8. The minimum Gasteiger partial charge on any atom is -0.394 e. The quantitative estimate of drug-likeness (QED) is 0.426. The molecule has 1 N–H and O–H groups in total. The van der Waals surface area contributed by atoms with Gasteiger partial charge in [-0.25, -0.2) is 0 Å². The maximum absolute atomic E-state index is 10.2. The molecule has 1 spiro atoms. The van der Waals surface area contributed by atoms with Crippen LogP contribution in [-0.2, 0) is 23.7 Å². The zero-order valence-corrected chi connectivity index (χ0v) is 20.1. The van der Waals surface area contributed by atoms with Gasteiger partial charge in [0.25, 0.3) is 0 Å². The number of aliphatic hydroxyl groups is 1. The van der Waals surface area contributed by atoms with Crippen LogP contribution < -0.4 is 0 Å². The largest absolute Gasteiger partial charge is 0.394 e. The van der Waals surface area contributed by atoms with Gasteiger partial charge in [0.1, 0.15) is 36.6 Å². The van der Waals surface area contributed by atoms with Crippen molar-refractivity contribution in [2.24, 2.45) is 0 Å². The summed E-state index contributed by atoms with van der Waals surface area (Å²) in [7, 11) is 0. The lowest BCUT2D eigenvalue weighted by Crippen LogP contribution is -2.74. The van der Waals surface area contributed by atoms with Crippen LogP contribution in [0.25, 0.3) is 0 Å². The van der Waals surface area contributed by atoms with Gasteiger partial charge in [-0.2, -0.15) is 0 Å². The zero-order chi connectivity index (χ0) is 22.1. The van der Waals surface area contributed by atoms with Crippen molar-refractivity contribution in [2.75, 3.05) is 26.4 Å². The van der Waals surface area contributed by atoms with Crippen LogP contribution in [0.15, 0.2) is 0 Å². The van der Waals surface area contributed by atoms with Crippen LogP contribution in [0, 0.1) is 0 Å². The highest BCUT2D eigenvalue weighted by molar-refractivity contribution is 5.10. The molecule has 6 unspecified atom stereocenters. The number of aliphatic hydroxyl groups excluding tert-OH is 1. The first-order valence-electron chi connectivity index (χ1n) is 13.0. The highest BCUT2D eigenvalue weighted by Crippen LogP contribution is 2.47. The maximum Gasteiger partial charge on any atom is 0.116 e. The lowest BCUT2D eigenvalue weighted by molar-refractivity contribution is -0.368. The summed E-state index contributed by atoms with van der Waals surface area (Å²) in [5, 5.41) is 10.2. The van der Waals surface area contributed by atoms with Gasteiger partial charge in [-0.1, -0.05) is 59.3 Å². The third kappa shape index (κ3) is 6.01. The Kier molecular flexibility index (Phi) is 10.5. The molecule has 2 aliphatic heterocycles. The Bertz CT molecular complexity index is 494. The predicted octanol–water partition coefficient (Wildman–Crippen LogP) is 4.40. The third-order valence-corrected chi connectivity index (χ3v) is 7.15. The fourth-order valence-electron chi connectivity index (χ4n) is 5.38. The van der Waals surface area contributed by atoms with Crippen molar-refractivity contribution in [2.45, 2.75) is 134 Å². The van der Waals surface area contributed by atoms with Crippen molar-refractivity contribution in [3.63, 3.8) is 0 Å². The Balaban J connectivity index is 1.89. The first-order valence-corrected chi connectivity index (χ1v) is 13.0. The third-order valence-electron chi connectivity index (χ3n) is 7.15. The summed E-state index contributed by atoms with van der Waals surface area (Å²) in [4.78, 5) is 0. The van der Waals surface area contributed by atoms with Gasteiger partial charge < -0.3 is 28.8 Å². The van der Waals surface area contributed by atoms with E-state index in [1.54, 1.807) is 0 Å². The number of ether oxygens (including phenoxy) is 5. The first-order chi connectivity index (χ1) is 15.2. The van der Waals surface area contributed by atoms with Crippen LogP contribution >= 0.6 is 0 Å². The summed E-state index contributed by atoms with van der Waals surface area (Å²) in [6.45, 7) is 8.51. The van der Waals surface area contributed by atoms with Crippen molar-refractivity contribution in [1.29, 1.82) is 0 Å². The number of fused-ring (bicyclic) bond motifs is 3. The molecule has 6 nitrogen and oxygen atoms in total. The van der Waals surface area contributed by atoms with Crippen molar-refractivity contribution in [3.8, 4) is 0 Å². The number of hydrogen-bond acceptors (Lipinski definition) is 6. The smallest absolute Gasteiger partial charge is 0.116 e. The lowest BCUT2D eigenvalue weighted by Gasteiger charge is -2.59. The molecule has 0 aromatic heterocycles. The van der Waals surface area contributed by atoms with E-state index < -0.39 is 0 Å². The molecule has 1 aliphatic carbocycles. The van der Waals surface area contributed by atoms with Crippen LogP contribution in [0.3, 0.4) is 0 Å². The van der Waals surface area contributed by atoms with E-state index >= 15 is 0 Å². The SMILES string of the molecule is CCCCOC1C2OC(C(OCCCC)C1OCCCC)C1(CCCCC1)OC2CO. The van der Waals surface area contributed by atoms with Crippen molar-refractivity contribution in [3.05, 3.63) is 0 Å². The molecular weight excluding hydrogens is 396 g/mol. The second-order valence-corrected chi connectivity index (χ2v) is 9.55. The summed E-state index contributed by atoms with van der Waals surface area (Å²) in [6, 6.07) is 0. The van der Waals surface area contributed by atoms with Crippen molar-refractivity contribution in [1.82, 2.24) is 0 Å². The first kappa shape index (κ1) is 25.4. The molecule has 2 heterocycles. The fourth-order valence-corrected chi connectivity index (χ4v) is 5.38. The average Bonchev–Trinajstić information content (AvgIpc) is 2.79. The van der Waals surface area contributed by atoms with Crippen molar-refractivity contribution < 1.29 is 28.8 Å².